The first kappa shape index (κ1) is 14.9. The number of nitrogens with one attached hydrogen (secondary N) is 1. The normalized spacial score (nSPS) is 16.9. The number of aromatic nitrogens is 4. The third kappa shape index (κ3) is 2.46. The molecule has 0 saturated heterocycles. The van der Waals surface area contributed by atoms with E-state index in [0.717, 1.165) is 42.1 Å². The zero-order valence-electron chi connectivity index (χ0n) is 13.6. The van der Waals surface area contributed by atoms with Crippen LogP contribution in [0.5, 0.6) is 5.75 Å². The SMILES string of the molecule is COc1cc2c(NC3CCc4nnc(C)n4C3)ccnc2cc1F. The van der Waals surface area contributed by atoms with Crippen LogP contribution in [-0.4, -0.2) is 32.9 Å². The summed E-state index contributed by atoms with van der Waals surface area (Å²) in [6.07, 6.45) is 3.55. The summed E-state index contributed by atoms with van der Waals surface area (Å²) in [6.45, 7) is 2.78. The van der Waals surface area contributed by atoms with Crippen LogP contribution in [-0.2, 0) is 13.0 Å². The highest BCUT2D eigenvalue weighted by atomic mass is 19.1. The van der Waals surface area contributed by atoms with Crippen LogP contribution in [0, 0.1) is 12.7 Å². The molecule has 0 aliphatic carbocycles. The molecule has 0 saturated carbocycles. The van der Waals surface area contributed by atoms with E-state index in [1.54, 1.807) is 12.3 Å². The number of ether oxygens (including phenoxy) is 1. The second kappa shape index (κ2) is 5.74. The number of nitrogens with zero attached hydrogens (tertiary/aromatic N) is 4. The van der Waals surface area contributed by atoms with Gasteiger partial charge in [-0.25, -0.2) is 4.39 Å². The van der Waals surface area contributed by atoms with Crippen molar-refractivity contribution in [3.63, 3.8) is 0 Å². The minimum atomic E-state index is -0.405. The molecule has 2 aromatic heterocycles. The van der Waals surface area contributed by atoms with Gasteiger partial charge in [-0.1, -0.05) is 0 Å². The van der Waals surface area contributed by atoms with Gasteiger partial charge >= 0.3 is 0 Å². The summed E-state index contributed by atoms with van der Waals surface area (Å²) in [6, 6.07) is 5.27. The maximum atomic E-state index is 13.9. The van der Waals surface area contributed by atoms with E-state index in [4.69, 9.17) is 4.74 Å². The van der Waals surface area contributed by atoms with Crippen molar-refractivity contribution in [2.24, 2.45) is 0 Å². The molecule has 3 aromatic rings. The molecule has 7 heteroatoms. The molecule has 1 atom stereocenters. The molecule has 1 N–H and O–H groups in total. The molecular weight excluding hydrogens is 309 g/mol. The van der Waals surface area contributed by atoms with Crippen molar-refractivity contribution in [3.8, 4) is 5.75 Å². The fourth-order valence-corrected chi connectivity index (χ4v) is 3.23. The molecule has 1 unspecified atom stereocenters. The van der Waals surface area contributed by atoms with Crippen LogP contribution in [0.4, 0.5) is 10.1 Å². The van der Waals surface area contributed by atoms with Crippen molar-refractivity contribution in [2.75, 3.05) is 12.4 Å². The van der Waals surface area contributed by atoms with Gasteiger partial charge in [0, 0.05) is 42.3 Å². The van der Waals surface area contributed by atoms with E-state index in [9.17, 15) is 4.39 Å². The van der Waals surface area contributed by atoms with Gasteiger partial charge in [0.25, 0.3) is 0 Å². The van der Waals surface area contributed by atoms with Gasteiger partial charge < -0.3 is 14.6 Å². The number of fused-ring (bicyclic) bond motifs is 2. The number of halogens is 1. The monoisotopic (exact) mass is 327 g/mol. The maximum Gasteiger partial charge on any atom is 0.167 e. The Kier molecular flexibility index (Phi) is 3.55. The summed E-state index contributed by atoms with van der Waals surface area (Å²) in [5.41, 5.74) is 1.53. The van der Waals surface area contributed by atoms with Crippen LogP contribution in [0.2, 0.25) is 0 Å². The lowest BCUT2D eigenvalue weighted by molar-refractivity contribution is 0.387. The first-order valence-electron chi connectivity index (χ1n) is 7.93. The summed E-state index contributed by atoms with van der Waals surface area (Å²) >= 11 is 0. The summed E-state index contributed by atoms with van der Waals surface area (Å²) in [5.74, 6) is 1.78. The van der Waals surface area contributed by atoms with Crippen LogP contribution < -0.4 is 10.1 Å². The minimum absolute atomic E-state index is 0.221. The Bertz CT molecular complexity index is 907. The fraction of sp³-hybridized carbons (Fsp3) is 0.353. The van der Waals surface area contributed by atoms with Gasteiger partial charge in [0.1, 0.15) is 11.6 Å². The smallest absolute Gasteiger partial charge is 0.167 e. The van der Waals surface area contributed by atoms with E-state index >= 15 is 0 Å². The zero-order chi connectivity index (χ0) is 16.7. The van der Waals surface area contributed by atoms with E-state index in [-0.39, 0.29) is 11.8 Å². The van der Waals surface area contributed by atoms with Crippen molar-refractivity contribution >= 4 is 16.6 Å². The molecule has 124 valence electrons. The summed E-state index contributed by atoms with van der Waals surface area (Å²) in [7, 11) is 1.46. The summed E-state index contributed by atoms with van der Waals surface area (Å²) in [4.78, 5) is 4.25. The van der Waals surface area contributed by atoms with Crippen LogP contribution in [0.15, 0.2) is 24.4 Å². The van der Waals surface area contributed by atoms with Gasteiger partial charge in [-0.2, -0.15) is 0 Å². The third-order valence-electron chi connectivity index (χ3n) is 4.51. The molecule has 0 spiro atoms. The van der Waals surface area contributed by atoms with Crippen molar-refractivity contribution < 1.29 is 9.13 Å². The average Bonchev–Trinajstić information content (AvgIpc) is 2.95. The van der Waals surface area contributed by atoms with E-state index in [1.165, 1.54) is 13.2 Å². The van der Waals surface area contributed by atoms with E-state index < -0.39 is 5.82 Å². The summed E-state index contributed by atoms with van der Waals surface area (Å²) < 4.78 is 21.1. The number of rotatable bonds is 3. The quantitative estimate of drug-likeness (QED) is 0.801. The Morgan fingerprint density at radius 3 is 3.04 bits per heavy atom. The molecule has 0 fully saturated rings. The maximum absolute atomic E-state index is 13.9. The number of hydrogen-bond donors (Lipinski definition) is 1. The predicted octanol–water partition coefficient (Wildman–Crippen LogP) is 2.71. The molecular formula is C17H18FN5O. The highest BCUT2D eigenvalue weighted by Gasteiger charge is 2.22. The number of aryl methyl sites for hydroxylation is 2. The van der Waals surface area contributed by atoms with Gasteiger partial charge in [0.2, 0.25) is 0 Å². The number of hydrogen-bond acceptors (Lipinski definition) is 5. The topological polar surface area (TPSA) is 64.9 Å². The number of anilines is 1. The van der Waals surface area contributed by atoms with E-state index in [1.807, 2.05) is 13.0 Å². The molecule has 0 bridgehead atoms. The molecule has 4 rings (SSSR count). The lowest BCUT2D eigenvalue weighted by atomic mass is 10.1. The number of benzene rings is 1. The van der Waals surface area contributed by atoms with Gasteiger partial charge in [0.05, 0.1) is 12.6 Å². The van der Waals surface area contributed by atoms with Gasteiger partial charge in [-0.05, 0) is 25.5 Å². The number of methoxy groups -OCH3 is 1. The molecule has 0 radical (unpaired) electrons. The standard InChI is InChI=1S/C17H18FN5O/c1-10-21-22-17-4-3-11(9-23(10)17)20-14-5-6-19-15-8-13(18)16(24-2)7-12(14)15/h5-8,11H,3-4,9H2,1-2H3,(H,19,20). The molecule has 1 aromatic carbocycles. The largest absolute Gasteiger partial charge is 0.494 e. The van der Waals surface area contributed by atoms with Crippen LogP contribution in [0.3, 0.4) is 0 Å². The Labute approximate surface area is 138 Å². The Balaban J connectivity index is 1.66. The Morgan fingerprint density at radius 1 is 1.33 bits per heavy atom. The van der Waals surface area contributed by atoms with Crippen LogP contribution in [0.1, 0.15) is 18.1 Å². The Hall–Kier alpha value is -2.70. The molecule has 0 amide bonds. The first-order valence-corrected chi connectivity index (χ1v) is 7.93. The lowest BCUT2D eigenvalue weighted by Gasteiger charge is -2.26. The molecule has 1 aliphatic heterocycles. The van der Waals surface area contributed by atoms with Crippen molar-refractivity contribution in [2.45, 2.75) is 32.4 Å². The predicted molar refractivity (Wildman–Crippen MR) is 88.7 cm³/mol. The van der Waals surface area contributed by atoms with Gasteiger partial charge in [-0.15, -0.1) is 10.2 Å². The molecule has 3 heterocycles. The second-order valence-corrected chi connectivity index (χ2v) is 6.02. The van der Waals surface area contributed by atoms with Gasteiger partial charge in [-0.3, -0.25) is 4.98 Å². The first-order chi connectivity index (χ1) is 11.7. The molecule has 6 nitrogen and oxygen atoms in total. The van der Waals surface area contributed by atoms with E-state index in [2.05, 4.69) is 25.1 Å². The van der Waals surface area contributed by atoms with E-state index in [0.29, 0.717) is 5.52 Å². The van der Waals surface area contributed by atoms with Crippen molar-refractivity contribution in [3.05, 3.63) is 41.9 Å². The van der Waals surface area contributed by atoms with Crippen molar-refractivity contribution in [1.82, 2.24) is 19.7 Å². The lowest BCUT2D eigenvalue weighted by Crippen LogP contribution is -2.31. The molecule has 1 aliphatic rings. The number of pyridine rings is 1. The van der Waals surface area contributed by atoms with Crippen molar-refractivity contribution in [1.29, 1.82) is 0 Å². The average molecular weight is 327 g/mol. The second-order valence-electron chi connectivity index (χ2n) is 6.02. The Morgan fingerprint density at radius 2 is 2.21 bits per heavy atom. The van der Waals surface area contributed by atoms with Crippen LogP contribution in [0.25, 0.3) is 10.9 Å². The summed E-state index contributed by atoms with van der Waals surface area (Å²) in [5, 5.41) is 12.7. The third-order valence-corrected chi connectivity index (χ3v) is 4.51. The molecule has 24 heavy (non-hydrogen) atoms. The van der Waals surface area contributed by atoms with Crippen LogP contribution >= 0.6 is 0 Å². The minimum Gasteiger partial charge on any atom is -0.494 e. The zero-order valence-corrected chi connectivity index (χ0v) is 13.6. The fourth-order valence-electron chi connectivity index (χ4n) is 3.23. The highest BCUT2D eigenvalue weighted by Crippen LogP contribution is 2.30. The highest BCUT2D eigenvalue weighted by molar-refractivity contribution is 5.92. The van der Waals surface area contributed by atoms with Gasteiger partial charge in [0.15, 0.2) is 11.6 Å².